The Balaban J connectivity index is 1.15. The number of benzene rings is 2. The number of carbonyl (C=O) groups is 6. The zero-order valence-electron chi connectivity index (χ0n) is 31.5. The molecule has 0 bridgehead atoms. The number of aliphatic carboxylic acids is 1. The Kier molecular flexibility index (Phi) is 9.59. The van der Waals surface area contributed by atoms with Crippen LogP contribution in [0.4, 0.5) is 0 Å². The molecule has 57 heavy (non-hydrogen) atoms. The number of ketones is 2. The first-order chi connectivity index (χ1) is 26.7. The molecule has 0 aromatic heterocycles. The van der Waals surface area contributed by atoms with Gasteiger partial charge >= 0.3 is 5.97 Å². The van der Waals surface area contributed by atoms with Crippen LogP contribution in [-0.4, -0.2) is 130 Å². The first-order valence-corrected chi connectivity index (χ1v) is 19.0. The van der Waals surface area contributed by atoms with Crippen LogP contribution in [-0.2, 0) is 34.4 Å². The lowest BCUT2D eigenvalue weighted by Gasteiger charge is -2.53. The van der Waals surface area contributed by atoms with Crippen molar-refractivity contribution in [3.63, 3.8) is 0 Å². The van der Waals surface area contributed by atoms with Crippen molar-refractivity contribution in [3.8, 4) is 5.75 Å². The minimum absolute atomic E-state index is 0.111. The van der Waals surface area contributed by atoms with Crippen LogP contribution in [0.1, 0.15) is 49.9 Å². The molecule has 3 fully saturated rings. The number of carboxylic acid groups (broad SMARTS) is 1. The largest absolute Gasteiger partial charge is 0.508 e. The molecule has 302 valence electrons. The molecule has 2 saturated heterocycles. The number of carboxylic acids is 1. The van der Waals surface area contributed by atoms with E-state index in [1.165, 1.54) is 60.8 Å². The molecule has 7 rings (SSSR count). The SMILES string of the molecule is CN(C)[C@@H]1C(=O)C(C(=O)NCN[C@@H](C(=O)N[C@@H]2C(=O)N3[C@@H]2SC(C)(C)[C@@H]3C(=O)O)c2ccccc2)=C(O)[C@@]2(O)C(=O)C3=C(O)c4c(O)cccc4[C@@](C)(O)[C@@H]3C[C@H]12. The molecular formula is C39H43N5O12S. The fourth-order valence-electron chi connectivity index (χ4n) is 9.19. The van der Waals surface area contributed by atoms with E-state index in [2.05, 4.69) is 16.0 Å². The van der Waals surface area contributed by atoms with Crippen LogP contribution >= 0.6 is 11.8 Å². The zero-order valence-corrected chi connectivity index (χ0v) is 32.3. The minimum Gasteiger partial charge on any atom is -0.508 e. The van der Waals surface area contributed by atoms with Crippen LogP contribution < -0.4 is 16.0 Å². The molecule has 9 N–H and O–H groups in total. The number of thioether (sulfide) groups is 1. The predicted molar refractivity (Wildman–Crippen MR) is 202 cm³/mol. The summed E-state index contributed by atoms with van der Waals surface area (Å²) in [4.78, 5) is 83.8. The lowest BCUT2D eigenvalue weighted by molar-refractivity contribution is -0.161. The maximum absolute atomic E-state index is 14.4. The third-order valence-electron chi connectivity index (χ3n) is 11.9. The number of phenolic OH excluding ortho intramolecular Hbond substituents is 1. The third-order valence-corrected chi connectivity index (χ3v) is 13.5. The number of aromatic hydroxyl groups is 1. The van der Waals surface area contributed by atoms with Gasteiger partial charge < -0.3 is 46.2 Å². The lowest BCUT2D eigenvalue weighted by atomic mass is 9.54. The Hall–Kier alpha value is -5.27. The second kappa shape index (κ2) is 13.7. The van der Waals surface area contributed by atoms with Crippen LogP contribution in [0.5, 0.6) is 5.75 Å². The highest BCUT2D eigenvalue weighted by atomic mass is 32.2. The van der Waals surface area contributed by atoms with Crippen molar-refractivity contribution in [2.75, 3.05) is 20.8 Å². The lowest BCUT2D eigenvalue weighted by Crippen LogP contribution is -2.71. The quantitative estimate of drug-likeness (QED) is 0.0930. The fourth-order valence-corrected chi connectivity index (χ4v) is 10.8. The number of hydrogen-bond acceptors (Lipinski definition) is 14. The van der Waals surface area contributed by atoms with Gasteiger partial charge in [0.05, 0.1) is 23.9 Å². The Bertz CT molecular complexity index is 2190. The van der Waals surface area contributed by atoms with Crippen molar-refractivity contribution in [1.29, 1.82) is 0 Å². The van der Waals surface area contributed by atoms with Gasteiger partial charge in [-0.1, -0.05) is 42.5 Å². The molecule has 2 aromatic rings. The molecule has 0 spiro atoms. The Morgan fingerprint density at radius 2 is 1.65 bits per heavy atom. The smallest absolute Gasteiger partial charge is 0.327 e. The van der Waals surface area contributed by atoms with E-state index < -0.39 is 128 Å². The van der Waals surface area contributed by atoms with Crippen molar-refractivity contribution in [3.05, 3.63) is 82.1 Å². The summed E-state index contributed by atoms with van der Waals surface area (Å²) in [6.45, 7) is 4.27. The van der Waals surface area contributed by atoms with Crippen molar-refractivity contribution >= 4 is 52.8 Å². The Labute approximate surface area is 330 Å². The van der Waals surface area contributed by atoms with Crippen LogP contribution in [0.2, 0.25) is 0 Å². The number of aliphatic hydroxyl groups excluding tert-OH is 2. The number of hydrogen-bond donors (Lipinski definition) is 9. The summed E-state index contributed by atoms with van der Waals surface area (Å²) in [6, 6.07) is 7.73. The van der Waals surface area contributed by atoms with Gasteiger partial charge in [-0.3, -0.25) is 34.2 Å². The molecule has 3 amide bonds. The van der Waals surface area contributed by atoms with E-state index in [1.54, 1.807) is 44.2 Å². The van der Waals surface area contributed by atoms with Gasteiger partial charge in [-0.15, -0.1) is 11.8 Å². The predicted octanol–water partition coefficient (Wildman–Crippen LogP) is 0.180. The number of phenols is 1. The van der Waals surface area contributed by atoms with Crippen LogP contribution in [0.25, 0.3) is 5.76 Å². The van der Waals surface area contributed by atoms with Crippen LogP contribution in [0.15, 0.2) is 65.4 Å². The normalized spacial score (nSPS) is 31.9. The molecule has 3 aliphatic carbocycles. The van der Waals surface area contributed by atoms with Crippen molar-refractivity contribution < 1.29 is 59.4 Å². The van der Waals surface area contributed by atoms with E-state index in [0.29, 0.717) is 5.56 Å². The summed E-state index contributed by atoms with van der Waals surface area (Å²) in [6.07, 6.45) is -0.304. The van der Waals surface area contributed by atoms with Crippen molar-refractivity contribution in [1.82, 2.24) is 25.8 Å². The average Bonchev–Trinajstić information content (AvgIpc) is 3.40. The number of fused-ring (bicyclic) bond motifs is 4. The number of carbonyl (C=O) groups excluding carboxylic acids is 5. The Morgan fingerprint density at radius 3 is 2.28 bits per heavy atom. The number of amides is 3. The summed E-state index contributed by atoms with van der Waals surface area (Å²) in [5.74, 6) is -10.9. The third kappa shape index (κ3) is 5.83. The van der Waals surface area contributed by atoms with E-state index in [0.717, 1.165) is 0 Å². The van der Waals surface area contributed by atoms with Gasteiger partial charge in [0.1, 0.15) is 46.3 Å². The molecule has 17 nitrogen and oxygen atoms in total. The molecular weight excluding hydrogens is 763 g/mol. The van der Waals surface area contributed by atoms with Gasteiger partial charge in [0, 0.05) is 22.2 Å². The first kappa shape index (κ1) is 39.9. The molecule has 9 atom stereocenters. The average molecular weight is 806 g/mol. The second-order valence-corrected chi connectivity index (χ2v) is 17.7. The maximum Gasteiger partial charge on any atom is 0.327 e. The number of nitrogens with one attached hydrogen (secondary N) is 3. The Morgan fingerprint density at radius 1 is 0.982 bits per heavy atom. The van der Waals surface area contributed by atoms with Crippen molar-refractivity contribution in [2.45, 2.75) is 72.7 Å². The zero-order chi connectivity index (χ0) is 41.7. The first-order valence-electron chi connectivity index (χ1n) is 18.2. The summed E-state index contributed by atoms with van der Waals surface area (Å²) >= 11 is 1.25. The van der Waals surface area contributed by atoms with E-state index in [1.807, 2.05) is 0 Å². The number of β-lactam (4-membered cyclic amide) rings is 1. The van der Waals surface area contributed by atoms with Gasteiger partial charge in [-0.2, -0.15) is 0 Å². The van der Waals surface area contributed by atoms with E-state index in [4.69, 9.17) is 0 Å². The van der Waals surface area contributed by atoms with E-state index in [9.17, 15) is 59.4 Å². The van der Waals surface area contributed by atoms with E-state index >= 15 is 0 Å². The van der Waals surface area contributed by atoms with Crippen LogP contribution in [0.3, 0.4) is 0 Å². The molecule has 0 unspecified atom stereocenters. The van der Waals surface area contributed by atoms with Crippen molar-refractivity contribution in [2.24, 2.45) is 11.8 Å². The fraction of sp³-hybridized carbons (Fsp3) is 0.436. The number of Topliss-reactive ketones (excluding diaryl/α,β-unsaturated/α-hetero) is 2. The van der Waals surface area contributed by atoms with Gasteiger partial charge in [-0.25, -0.2) is 4.79 Å². The van der Waals surface area contributed by atoms with Crippen LogP contribution in [0, 0.1) is 11.8 Å². The topological polar surface area (TPSA) is 266 Å². The number of aliphatic hydroxyl groups is 4. The monoisotopic (exact) mass is 805 g/mol. The summed E-state index contributed by atoms with van der Waals surface area (Å²) in [7, 11) is 2.95. The van der Waals surface area contributed by atoms with E-state index in [-0.39, 0.29) is 17.5 Å². The van der Waals surface area contributed by atoms with Gasteiger partial charge in [0.15, 0.2) is 11.4 Å². The van der Waals surface area contributed by atoms with Gasteiger partial charge in [0.2, 0.25) is 17.6 Å². The molecule has 0 radical (unpaired) electrons. The highest BCUT2D eigenvalue weighted by Gasteiger charge is 2.67. The summed E-state index contributed by atoms with van der Waals surface area (Å²) < 4.78 is -0.825. The minimum atomic E-state index is -2.93. The van der Waals surface area contributed by atoms with Gasteiger partial charge in [-0.05, 0) is 58.5 Å². The second-order valence-electron chi connectivity index (χ2n) is 15.9. The van der Waals surface area contributed by atoms with Gasteiger partial charge in [0.25, 0.3) is 5.91 Å². The number of likely N-dealkylation sites (N-methyl/N-ethyl adjacent to an activating group) is 1. The molecule has 2 aromatic carbocycles. The standard InChI is InChI=1S/C39H43N5O12S/c1-37(2)29(36(53)54)44-34(52)25(35(44)57-37)42-33(51)24(16-10-7-6-8-11-16)40-15-41-32(50)23-28(47)26(43(4)5)19-14-18-22(30(48)39(19,56)31(23)49)27(46)21-17(38(18,3)55)12-9-13-20(21)45/h6-13,18-19,24-26,29,35,40,45-46,49,55-56H,14-15H2,1-5H3,(H,41,50)(H,42,51)(H,53,54)/t18-,19-,24-,25-,26+,29+,35-,38-,39+/m1/s1. The number of nitrogens with zero attached hydrogens (tertiary/aromatic N) is 2. The maximum atomic E-state index is 14.4. The number of rotatable bonds is 9. The molecule has 5 aliphatic rings. The summed E-state index contributed by atoms with van der Waals surface area (Å²) in [5, 5.41) is 74.7. The highest BCUT2D eigenvalue weighted by Crippen LogP contribution is 2.57. The summed E-state index contributed by atoms with van der Waals surface area (Å²) in [5.41, 5.74) is -5.95. The highest BCUT2D eigenvalue weighted by molar-refractivity contribution is 8.01. The molecule has 2 heterocycles. The molecule has 18 heteroatoms. The molecule has 2 aliphatic heterocycles. The molecule has 1 saturated carbocycles.